The van der Waals surface area contributed by atoms with Crippen molar-refractivity contribution in [3.05, 3.63) is 88.0 Å². The highest BCUT2D eigenvalue weighted by molar-refractivity contribution is 5.80. The molecule has 3 nitrogen and oxygen atoms in total. The van der Waals surface area contributed by atoms with Gasteiger partial charge >= 0.3 is 0 Å². The number of rotatable bonds is 0. The van der Waals surface area contributed by atoms with Gasteiger partial charge in [0, 0.05) is 28.9 Å². The first-order valence-electron chi connectivity index (χ1n) is 7.83. The van der Waals surface area contributed by atoms with Crippen molar-refractivity contribution in [1.29, 1.82) is 0 Å². The molecule has 0 spiro atoms. The van der Waals surface area contributed by atoms with Gasteiger partial charge in [-0.1, -0.05) is 36.4 Å². The Balaban J connectivity index is 1.97. The molecule has 0 heterocycles. The lowest BCUT2D eigenvalue weighted by atomic mass is 9.60. The SMILES string of the molecule is Nc1cccc2c1C1c3c(N)cccc3C2c2cccc(N)c21. The molecule has 0 aromatic heterocycles. The highest BCUT2D eigenvalue weighted by atomic mass is 14.7. The summed E-state index contributed by atoms with van der Waals surface area (Å²) >= 11 is 0. The van der Waals surface area contributed by atoms with Crippen LogP contribution < -0.4 is 17.2 Å². The maximum atomic E-state index is 6.36. The van der Waals surface area contributed by atoms with Crippen molar-refractivity contribution in [3.63, 3.8) is 0 Å². The Morgan fingerprint density at radius 3 is 1.17 bits per heavy atom. The van der Waals surface area contributed by atoms with Crippen molar-refractivity contribution in [1.82, 2.24) is 0 Å². The van der Waals surface area contributed by atoms with Gasteiger partial charge in [0.1, 0.15) is 0 Å². The van der Waals surface area contributed by atoms with E-state index in [2.05, 4.69) is 18.2 Å². The second kappa shape index (κ2) is 4.07. The van der Waals surface area contributed by atoms with Crippen LogP contribution in [-0.4, -0.2) is 0 Å². The Bertz CT molecular complexity index is 847. The Morgan fingerprint density at radius 2 is 0.826 bits per heavy atom. The lowest BCUT2D eigenvalue weighted by Crippen LogP contribution is -2.30. The normalized spacial score (nSPS) is 19.8. The van der Waals surface area contributed by atoms with Crippen LogP contribution in [0.5, 0.6) is 0 Å². The molecule has 0 saturated carbocycles. The quantitative estimate of drug-likeness (QED) is 0.383. The van der Waals surface area contributed by atoms with Crippen molar-refractivity contribution in [2.75, 3.05) is 17.2 Å². The number of nitrogens with two attached hydrogens (primary N) is 3. The standard InChI is InChI=1S/C20H17N3/c21-13-7-1-4-10-16-11-5-2-8-14(22)18(11)20(17(10)13)19-12(16)6-3-9-15(19)23/h1-9,16,20H,21-23H2. The molecule has 23 heavy (non-hydrogen) atoms. The van der Waals surface area contributed by atoms with E-state index in [1.54, 1.807) is 0 Å². The fourth-order valence-corrected chi connectivity index (χ4v) is 4.50. The molecule has 3 aliphatic carbocycles. The molecule has 2 bridgehead atoms. The maximum absolute atomic E-state index is 6.36. The third-order valence-electron chi connectivity index (χ3n) is 5.32. The Kier molecular flexibility index (Phi) is 2.23. The number of hydrogen-bond acceptors (Lipinski definition) is 3. The first-order chi connectivity index (χ1) is 11.2. The summed E-state index contributed by atoms with van der Waals surface area (Å²) in [5.74, 6) is 0.194. The average molecular weight is 299 g/mol. The molecule has 0 saturated heterocycles. The number of anilines is 3. The second-order valence-electron chi connectivity index (χ2n) is 6.42. The third-order valence-corrected chi connectivity index (χ3v) is 5.32. The van der Waals surface area contributed by atoms with Gasteiger partial charge in [-0.25, -0.2) is 0 Å². The minimum Gasteiger partial charge on any atom is -0.398 e. The van der Waals surface area contributed by atoms with Crippen LogP contribution in [-0.2, 0) is 0 Å². The number of hydrogen-bond donors (Lipinski definition) is 3. The van der Waals surface area contributed by atoms with Crippen molar-refractivity contribution in [2.45, 2.75) is 11.8 Å². The van der Waals surface area contributed by atoms with Crippen LogP contribution in [0.4, 0.5) is 17.1 Å². The maximum Gasteiger partial charge on any atom is 0.0410 e. The first-order valence-corrected chi connectivity index (χ1v) is 7.83. The van der Waals surface area contributed by atoms with Gasteiger partial charge in [0.15, 0.2) is 0 Å². The zero-order chi connectivity index (χ0) is 15.7. The Labute approximate surface area is 134 Å². The van der Waals surface area contributed by atoms with Crippen LogP contribution in [0.2, 0.25) is 0 Å². The van der Waals surface area contributed by atoms with E-state index in [1.165, 1.54) is 33.4 Å². The van der Waals surface area contributed by atoms with Crippen LogP contribution in [0, 0.1) is 0 Å². The fourth-order valence-electron chi connectivity index (χ4n) is 4.50. The van der Waals surface area contributed by atoms with Crippen LogP contribution in [0.15, 0.2) is 54.6 Å². The predicted octanol–water partition coefficient (Wildman–Crippen LogP) is 3.42. The zero-order valence-electron chi connectivity index (χ0n) is 12.6. The third kappa shape index (κ3) is 1.39. The fraction of sp³-hybridized carbons (Fsp3) is 0.100. The summed E-state index contributed by atoms with van der Waals surface area (Å²) in [6.45, 7) is 0. The molecule has 0 aliphatic heterocycles. The van der Waals surface area contributed by atoms with Crippen LogP contribution in [0.25, 0.3) is 0 Å². The molecule has 3 aliphatic rings. The summed E-state index contributed by atoms with van der Waals surface area (Å²) in [7, 11) is 0. The largest absolute Gasteiger partial charge is 0.398 e. The van der Waals surface area contributed by atoms with Gasteiger partial charge in [-0.15, -0.1) is 0 Å². The molecular formula is C20H17N3. The monoisotopic (exact) mass is 299 g/mol. The molecule has 0 unspecified atom stereocenters. The van der Waals surface area contributed by atoms with E-state index in [0.717, 1.165) is 17.1 Å². The Morgan fingerprint density at radius 1 is 0.478 bits per heavy atom. The average Bonchev–Trinajstić information content (AvgIpc) is 2.55. The summed E-state index contributed by atoms with van der Waals surface area (Å²) in [6.07, 6.45) is 0. The Hall–Kier alpha value is -2.94. The second-order valence-corrected chi connectivity index (χ2v) is 6.42. The van der Waals surface area contributed by atoms with E-state index in [4.69, 9.17) is 17.2 Å². The molecular weight excluding hydrogens is 282 g/mol. The van der Waals surface area contributed by atoms with Crippen molar-refractivity contribution in [2.24, 2.45) is 0 Å². The predicted molar refractivity (Wildman–Crippen MR) is 94.5 cm³/mol. The lowest BCUT2D eigenvalue weighted by molar-refractivity contribution is 0.761. The molecule has 0 radical (unpaired) electrons. The molecule has 6 rings (SSSR count). The minimum absolute atomic E-state index is 0.0311. The van der Waals surface area contributed by atoms with Gasteiger partial charge in [0.25, 0.3) is 0 Å². The number of nitrogen functional groups attached to an aromatic ring is 3. The van der Waals surface area contributed by atoms with Crippen molar-refractivity contribution < 1.29 is 0 Å². The zero-order valence-corrected chi connectivity index (χ0v) is 12.6. The molecule has 0 fully saturated rings. The minimum atomic E-state index is 0.0311. The molecule has 0 amide bonds. The summed E-state index contributed by atoms with van der Waals surface area (Å²) < 4.78 is 0. The lowest BCUT2D eigenvalue weighted by Gasteiger charge is -2.43. The van der Waals surface area contributed by atoms with Gasteiger partial charge in [-0.05, 0) is 51.6 Å². The van der Waals surface area contributed by atoms with Gasteiger partial charge in [0.2, 0.25) is 0 Å². The molecule has 0 atom stereocenters. The van der Waals surface area contributed by atoms with Gasteiger partial charge in [-0.2, -0.15) is 0 Å². The van der Waals surface area contributed by atoms with Crippen molar-refractivity contribution in [3.8, 4) is 0 Å². The van der Waals surface area contributed by atoms with Crippen LogP contribution >= 0.6 is 0 Å². The molecule has 6 N–H and O–H groups in total. The summed E-state index contributed by atoms with van der Waals surface area (Å²) in [6, 6.07) is 18.6. The van der Waals surface area contributed by atoms with E-state index in [-0.39, 0.29) is 11.8 Å². The first kappa shape index (κ1) is 12.6. The highest BCUT2D eigenvalue weighted by Crippen LogP contribution is 2.59. The molecule has 3 aromatic rings. The van der Waals surface area contributed by atoms with Gasteiger partial charge in [0.05, 0.1) is 0 Å². The molecule has 112 valence electrons. The van der Waals surface area contributed by atoms with Crippen molar-refractivity contribution >= 4 is 17.1 Å². The number of benzene rings is 3. The van der Waals surface area contributed by atoms with E-state index in [9.17, 15) is 0 Å². The van der Waals surface area contributed by atoms with Gasteiger partial charge in [-0.3, -0.25) is 0 Å². The smallest absolute Gasteiger partial charge is 0.0410 e. The summed E-state index contributed by atoms with van der Waals surface area (Å²) in [4.78, 5) is 0. The summed E-state index contributed by atoms with van der Waals surface area (Å²) in [5, 5.41) is 0. The molecule has 3 aromatic carbocycles. The van der Waals surface area contributed by atoms with E-state index in [0.29, 0.717) is 0 Å². The van der Waals surface area contributed by atoms with E-state index >= 15 is 0 Å². The van der Waals surface area contributed by atoms with E-state index in [1.807, 2.05) is 36.4 Å². The topological polar surface area (TPSA) is 78.1 Å². The van der Waals surface area contributed by atoms with Crippen LogP contribution in [0.1, 0.15) is 45.2 Å². The summed E-state index contributed by atoms with van der Waals surface area (Å²) in [5.41, 5.74) is 28.9. The van der Waals surface area contributed by atoms with E-state index < -0.39 is 0 Å². The molecule has 3 heteroatoms. The van der Waals surface area contributed by atoms with Crippen LogP contribution in [0.3, 0.4) is 0 Å². The van der Waals surface area contributed by atoms with Gasteiger partial charge < -0.3 is 17.2 Å². The highest BCUT2D eigenvalue weighted by Gasteiger charge is 2.43.